The Bertz CT molecular complexity index is 399. The monoisotopic (exact) mass is 307 g/mol. The van der Waals surface area contributed by atoms with Crippen LogP contribution in [0.25, 0.3) is 0 Å². The molecule has 1 aromatic carbocycles. The van der Waals surface area contributed by atoms with Crippen molar-refractivity contribution in [2.45, 2.75) is 45.9 Å². The minimum Gasteiger partial charge on any atom is -0.399 e. The van der Waals surface area contributed by atoms with Crippen LogP contribution in [0.1, 0.15) is 39.7 Å². The smallest absolute Gasteiger partial charge is 0.310 e. The number of anilines is 1. The molecule has 2 N–H and O–H groups in total. The average Bonchev–Trinajstić information content (AvgIpc) is 2.22. The van der Waals surface area contributed by atoms with Crippen molar-refractivity contribution < 1.29 is 19.4 Å². The highest BCUT2D eigenvalue weighted by atomic mass is 32.5. The van der Waals surface area contributed by atoms with E-state index in [4.69, 9.17) is 5.73 Å². The maximum absolute atomic E-state index is 12.2. The summed E-state index contributed by atoms with van der Waals surface area (Å²) in [4.78, 5) is -1.91. The second-order valence-corrected chi connectivity index (χ2v) is 6.10. The molecule has 1 rings (SSSR count). The van der Waals surface area contributed by atoms with Gasteiger partial charge in [0.2, 0.25) is 0 Å². The first kappa shape index (κ1) is 20.3. The average molecular weight is 307 g/mol. The third-order valence-corrected chi connectivity index (χ3v) is 2.83. The number of hydrogen-bond donors (Lipinski definition) is 1. The van der Waals surface area contributed by atoms with Crippen molar-refractivity contribution in [1.29, 1.82) is 0 Å². The minimum absolute atomic E-state index is 0.0178. The summed E-state index contributed by atoms with van der Waals surface area (Å²) in [6, 6.07) is 1.48. The van der Waals surface area contributed by atoms with Gasteiger partial charge < -0.3 is 5.73 Å². The number of aryl methyl sites for hydroxylation is 1. The molecule has 0 atom stereocenters. The molecular weight excluding hydrogens is 285 g/mol. The molecule has 19 heavy (non-hydrogen) atoms. The third-order valence-electron chi connectivity index (χ3n) is 1.69. The Labute approximate surface area is 111 Å². The summed E-state index contributed by atoms with van der Waals surface area (Å²) in [5.41, 5.74) is 5.25. The Hall–Kier alpha value is -0.980. The fourth-order valence-corrected chi connectivity index (χ4v) is 1.61. The number of nitrogen functional groups attached to an aromatic ring is 1. The van der Waals surface area contributed by atoms with Crippen molar-refractivity contribution in [3.8, 4) is 0 Å². The highest BCUT2D eigenvalue weighted by Crippen LogP contribution is 3.02. The van der Waals surface area contributed by atoms with Gasteiger partial charge in [0, 0.05) is 5.69 Å². The van der Waals surface area contributed by atoms with Crippen LogP contribution < -0.4 is 5.73 Å². The Balaban J connectivity index is 0. The van der Waals surface area contributed by atoms with Crippen molar-refractivity contribution >= 4 is 15.9 Å². The summed E-state index contributed by atoms with van der Waals surface area (Å²) in [5.74, 6) is 0. The lowest BCUT2D eigenvalue weighted by atomic mass is 10.2. The molecule has 0 fully saturated rings. The molecular formula is C12H22F5NS. The van der Waals surface area contributed by atoms with Crippen LogP contribution in [0.5, 0.6) is 0 Å². The van der Waals surface area contributed by atoms with Crippen LogP contribution in [-0.2, 0) is 0 Å². The first-order chi connectivity index (χ1) is 8.31. The van der Waals surface area contributed by atoms with E-state index < -0.39 is 15.1 Å². The summed E-state index contributed by atoms with van der Waals surface area (Å²) in [7, 11) is -9.54. The van der Waals surface area contributed by atoms with Crippen molar-refractivity contribution in [3.05, 3.63) is 23.8 Å². The van der Waals surface area contributed by atoms with Crippen LogP contribution in [-0.4, -0.2) is 0 Å². The van der Waals surface area contributed by atoms with E-state index in [0.717, 1.165) is 6.07 Å². The first-order valence-electron chi connectivity index (χ1n) is 5.92. The molecule has 0 saturated heterocycles. The van der Waals surface area contributed by atoms with Crippen molar-refractivity contribution in [1.82, 2.24) is 0 Å². The zero-order chi connectivity index (χ0) is 16.0. The predicted octanol–water partition coefficient (Wildman–Crippen LogP) is 6.68. The SMILES string of the molecule is CC.CCC.Cc1cc(S(F)(F)(F)(F)F)ccc1N. The summed E-state index contributed by atoms with van der Waals surface area (Å²) < 4.78 is 61.1. The van der Waals surface area contributed by atoms with Crippen molar-refractivity contribution in [3.63, 3.8) is 0 Å². The fraction of sp³-hybridized carbons (Fsp3) is 0.500. The predicted molar refractivity (Wildman–Crippen MR) is 74.3 cm³/mol. The van der Waals surface area contributed by atoms with Gasteiger partial charge in [0.25, 0.3) is 0 Å². The first-order valence-corrected chi connectivity index (χ1v) is 7.87. The minimum atomic E-state index is -9.54. The van der Waals surface area contributed by atoms with Crippen molar-refractivity contribution in [2.75, 3.05) is 5.73 Å². The van der Waals surface area contributed by atoms with Gasteiger partial charge in [-0.25, -0.2) is 0 Å². The molecule has 0 bridgehead atoms. The Morgan fingerprint density at radius 2 is 1.37 bits per heavy atom. The van der Waals surface area contributed by atoms with Crippen molar-refractivity contribution in [2.24, 2.45) is 0 Å². The van der Waals surface area contributed by atoms with E-state index in [9.17, 15) is 19.4 Å². The van der Waals surface area contributed by atoms with E-state index in [-0.39, 0.29) is 11.3 Å². The largest absolute Gasteiger partial charge is 0.399 e. The zero-order valence-electron chi connectivity index (χ0n) is 11.8. The van der Waals surface area contributed by atoms with Gasteiger partial charge in [-0.1, -0.05) is 53.5 Å². The second kappa shape index (κ2) is 5.98. The lowest BCUT2D eigenvalue weighted by molar-refractivity contribution is 0.364. The topological polar surface area (TPSA) is 26.0 Å². The highest BCUT2D eigenvalue weighted by molar-refractivity contribution is 8.45. The fourth-order valence-electron chi connectivity index (χ4n) is 0.888. The summed E-state index contributed by atoms with van der Waals surface area (Å²) in [6.07, 6.45) is 1.25. The van der Waals surface area contributed by atoms with E-state index in [2.05, 4.69) is 13.8 Å². The highest BCUT2D eigenvalue weighted by Gasteiger charge is 2.65. The van der Waals surface area contributed by atoms with Crippen LogP contribution in [0, 0.1) is 6.92 Å². The Morgan fingerprint density at radius 3 is 1.63 bits per heavy atom. The molecule has 0 aliphatic heterocycles. The molecule has 0 saturated carbocycles. The molecule has 0 aliphatic rings. The number of benzene rings is 1. The molecule has 0 radical (unpaired) electrons. The van der Waals surface area contributed by atoms with Gasteiger partial charge in [-0.05, 0) is 30.7 Å². The quantitative estimate of drug-likeness (QED) is 0.454. The summed E-state index contributed by atoms with van der Waals surface area (Å²) in [6.45, 7) is 9.49. The number of hydrogen-bond acceptors (Lipinski definition) is 1. The molecule has 1 nitrogen and oxygen atoms in total. The molecule has 0 aromatic heterocycles. The standard InChI is InChI=1S/C7H8F5NS.C3H8.C2H6/c1-5-4-6(2-3-7(5)13)14(8,9,10,11)12;1-3-2;1-2/h2-4H,13H2,1H3;3H2,1-2H3;1-2H3. The number of halogens is 5. The molecule has 1 aromatic rings. The van der Waals surface area contributed by atoms with Gasteiger partial charge in [-0.15, -0.1) is 0 Å². The second-order valence-electron chi connectivity index (χ2n) is 3.69. The summed E-state index contributed by atoms with van der Waals surface area (Å²) in [5, 5.41) is 0. The summed E-state index contributed by atoms with van der Waals surface area (Å²) >= 11 is 0. The molecule has 0 aliphatic carbocycles. The van der Waals surface area contributed by atoms with Crippen LogP contribution >= 0.6 is 10.2 Å². The molecule has 116 valence electrons. The third kappa shape index (κ3) is 7.92. The van der Waals surface area contributed by atoms with Crippen LogP contribution in [0.4, 0.5) is 25.1 Å². The molecule has 7 heteroatoms. The van der Waals surface area contributed by atoms with Crippen LogP contribution in [0.15, 0.2) is 23.1 Å². The van der Waals surface area contributed by atoms with Gasteiger partial charge in [0.15, 0.2) is 0 Å². The molecule has 0 amide bonds. The maximum Gasteiger partial charge on any atom is 0.310 e. The van der Waals surface area contributed by atoms with Gasteiger partial charge in [0.1, 0.15) is 4.90 Å². The number of nitrogens with two attached hydrogens (primary N) is 1. The lowest BCUT2D eigenvalue weighted by Gasteiger charge is -2.40. The van der Waals surface area contributed by atoms with Gasteiger partial charge >= 0.3 is 10.2 Å². The molecule has 0 unspecified atom stereocenters. The number of rotatable bonds is 1. The zero-order valence-corrected chi connectivity index (χ0v) is 12.6. The Kier molecular flexibility index (Phi) is 6.40. The Morgan fingerprint density at radius 1 is 1.00 bits per heavy atom. The molecule has 0 heterocycles. The van der Waals surface area contributed by atoms with Gasteiger partial charge in [-0.2, -0.15) is 0 Å². The van der Waals surface area contributed by atoms with E-state index in [1.807, 2.05) is 13.8 Å². The molecule has 0 spiro atoms. The maximum atomic E-state index is 12.2. The van der Waals surface area contributed by atoms with Gasteiger partial charge in [0.05, 0.1) is 0 Å². The van der Waals surface area contributed by atoms with Crippen LogP contribution in [0.2, 0.25) is 0 Å². The normalized spacial score (nSPS) is 14.0. The van der Waals surface area contributed by atoms with E-state index in [1.54, 1.807) is 0 Å². The van der Waals surface area contributed by atoms with Gasteiger partial charge in [-0.3, -0.25) is 0 Å². The van der Waals surface area contributed by atoms with E-state index in [1.165, 1.54) is 13.3 Å². The van der Waals surface area contributed by atoms with E-state index >= 15 is 0 Å². The van der Waals surface area contributed by atoms with E-state index in [0.29, 0.717) is 12.1 Å². The van der Waals surface area contributed by atoms with Crippen LogP contribution in [0.3, 0.4) is 0 Å². The lowest BCUT2D eigenvalue weighted by Crippen LogP contribution is -2.06.